The van der Waals surface area contributed by atoms with E-state index in [2.05, 4.69) is 97.7 Å². The van der Waals surface area contributed by atoms with Crippen LogP contribution in [0, 0.1) is 0 Å². The van der Waals surface area contributed by atoms with Crippen LogP contribution in [-0.2, 0) is 14.1 Å². The van der Waals surface area contributed by atoms with E-state index in [4.69, 9.17) is 0 Å². The fraction of sp³-hybridized carbons (Fsp3) is 0.450. The fourth-order valence-corrected chi connectivity index (χ4v) is 9.00. The van der Waals surface area contributed by atoms with Crippen molar-refractivity contribution in [3.8, 4) is 0 Å². The van der Waals surface area contributed by atoms with Crippen molar-refractivity contribution in [2.75, 3.05) is 11.5 Å². The van der Waals surface area contributed by atoms with E-state index in [0.29, 0.717) is 0 Å². The zero-order valence-electron chi connectivity index (χ0n) is 27.4. The standard InChI is InChI=1S/C40H50N2S2/c1-5-7-9-11-13-15-21-43-39-27-31-23-35-29(25-37(31)41(39)3)17-19-34-33(35)20-18-30-26-38-32(24-36(30)34)28-40(42(38)4)44-22-16-14-12-10-8-6-2/h17-20,23-28H,5-16,21-22H2,1-4H3. The van der Waals surface area contributed by atoms with Gasteiger partial charge < -0.3 is 9.13 Å². The third-order valence-corrected chi connectivity index (χ3v) is 11.9. The number of aromatic nitrogens is 2. The first-order valence-electron chi connectivity index (χ1n) is 17.2. The molecule has 4 heteroatoms. The lowest BCUT2D eigenvalue weighted by atomic mass is 9.95. The van der Waals surface area contributed by atoms with Crippen molar-refractivity contribution in [1.82, 2.24) is 9.13 Å². The summed E-state index contributed by atoms with van der Waals surface area (Å²) in [6.07, 6.45) is 16.3. The molecule has 0 spiro atoms. The fourth-order valence-electron chi connectivity index (χ4n) is 6.88. The van der Waals surface area contributed by atoms with Gasteiger partial charge in [0.15, 0.2) is 0 Å². The lowest BCUT2D eigenvalue weighted by Crippen LogP contribution is -1.91. The highest BCUT2D eigenvalue weighted by Gasteiger charge is 2.13. The summed E-state index contributed by atoms with van der Waals surface area (Å²) in [7, 11) is 4.47. The molecule has 0 saturated carbocycles. The van der Waals surface area contributed by atoms with E-state index >= 15 is 0 Å². The van der Waals surface area contributed by atoms with Gasteiger partial charge in [-0.1, -0.05) is 102 Å². The van der Waals surface area contributed by atoms with E-state index in [1.165, 1.54) is 153 Å². The molecule has 2 heterocycles. The SMILES string of the molecule is CCCCCCCCSc1cc2cc3c(ccc4c5cc6cc(SCCCCCCCC)n(C)c6cc5ccc34)cc2n1C. The van der Waals surface area contributed by atoms with Crippen LogP contribution in [-0.4, -0.2) is 20.6 Å². The van der Waals surface area contributed by atoms with Crippen molar-refractivity contribution in [1.29, 1.82) is 0 Å². The Bertz CT molecular complexity index is 1740. The molecule has 44 heavy (non-hydrogen) atoms. The van der Waals surface area contributed by atoms with Crippen LogP contribution in [0.5, 0.6) is 0 Å². The molecule has 6 aromatic rings. The quantitative estimate of drug-likeness (QED) is 0.0603. The molecule has 0 radical (unpaired) electrons. The molecule has 2 nitrogen and oxygen atoms in total. The Hall–Kier alpha value is -2.56. The van der Waals surface area contributed by atoms with E-state index in [-0.39, 0.29) is 0 Å². The van der Waals surface area contributed by atoms with Gasteiger partial charge in [0.25, 0.3) is 0 Å². The summed E-state index contributed by atoms with van der Waals surface area (Å²) >= 11 is 4.04. The largest absolute Gasteiger partial charge is 0.339 e. The average molecular weight is 623 g/mol. The topological polar surface area (TPSA) is 9.86 Å². The highest BCUT2D eigenvalue weighted by molar-refractivity contribution is 7.99. The predicted octanol–water partition coefficient (Wildman–Crippen LogP) is 13.0. The normalized spacial score (nSPS) is 12.2. The summed E-state index contributed by atoms with van der Waals surface area (Å²) in [6.45, 7) is 4.58. The molecule has 0 amide bonds. The van der Waals surface area contributed by atoms with Gasteiger partial charge in [0, 0.05) is 35.9 Å². The molecule has 0 bridgehead atoms. The number of hydrogen-bond acceptors (Lipinski definition) is 2. The molecule has 0 aliphatic rings. The molecule has 2 aromatic heterocycles. The van der Waals surface area contributed by atoms with Gasteiger partial charge in [-0.3, -0.25) is 0 Å². The highest BCUT2D eigenvalue weighted by Crippen LogP contribution is 2.38. The van der Waals surface area contributed by atoms with Crippen LogP contribution < -0.4 is 0 Å². The van der Waals surface area contributed by atoms with E-state index in [1.807, 2.05) is 23.5 Å². The molecule has 6 rings (SSSR count). The van der Waals surface area contributed by atoms with Crippen LogP contribution in [0.3, 0.4) is 0 Å². The molecule has 0 N–H and O–H groups in total. The first kappa shape index (κ1) is 31.4. The maximum atomic E-state index is 2.44. The molecule has 0 aliphatic carbocycles. The zero-order valence-corrected chi connectivity index (χ0v) is 29.0. The summed E-state index contributed by atoms with van der Waals surface area (Å²) in [6, 6.07) is 23.9. The molecule has 0 aliphatic heterocycles. The number of aryl methyl sites for hydroxylation is 2. The number of nitrogens with zero attached hydrogens (tertiary/aromatic N) is 2. The molecule has 0 saturated heterocycles. The number of fused-ring (bicyclic) bond motifs is 7. The second-order valence-electron chi connectivity index (χ2n) is 12.8. The molecular formula is C40H50N2S2. The number of rotatable bonds is 16. The van der Waals surface area contributed by atoms with Gasteiger partial charge in [-0.15, -0.1) is 23.5 Å². The summed E-state index contributed by atoms with van der Waals surface area (Å²) in [4.78, 5) is 0. The van der Waals surface area contributed by atoms with E-state index in [9.17, 15) is 0 Å². The van der Waals surface area contributed by atoms with Crippen LogP contribution in [0.4, 0.5) is 0 Å². The number of thioether (sulfide) groups is 2. The molecule has 0 unspecified atom stereocenters. The van der Waals surface area contributed by atoms with Gasteiger partial charge in [0.2, 0.25) is 0 Å². The van der Waals surface area contributed by atoms with Crippen molar-refractivity contribution in [2.45, 2.75) is 101 Å². The lowest BCUT2D eigenvalue weighted by Gasteiger charge is -2.10. The van der Waals surface area contributed by atoms with E-state index in [0.717, 1.165) is 0 Å². The molecular weight excluding hydrogens is 573 g/mol. The van der Waals surface area contributed by atoms with Crippen molar-refractivity contribution < 1.29 is 0 Å². The highest BCUT2D eigenvalue weighted by atomic mass is 32.2. The summed E-state index contributed by atoms with van der Waals surface area (Å²) in [5.41, 5.74) is 2.67. The second-order valence-corrected chi connectivity index (χ2v) is 15.0. The third-order valence-electron chi connectivity index (χ3n) is 9.56. The van der Waals surface area contributed by atoms with Crippen LogP contribution in [0.15, 0.2) is 70.7 Å². The Kier molecular flexibility index (Phi) is 10.5. The number of hydrogen-bond donors (Lipinski definition) is 0. The first-order valence-corrected chi connectivity index (χ1v) is 19.2. The third kappa shape index (κ3) is 6.67. The van der Waals surface area contributed by atoms with Gasteiger partial charge in [-0.25, -0.2) is 0 Å². The monoisotopic (exact) mass is 622 g/mol. The summed E-state index contributed by atoms with van der Waals surface area (Å²) in [5, 5.41) is 13.6. The van der Waals surface area contributed by atoms with E-state index < -0.39 is 0 Å². The minimum atomic E-state index is 1.21. The van der Waals surface area contributed by atoms with E-state index in [1.54, 1.807) is 0 Å². The van der Waals surface area contributed by atoms with Crippen LogP contribution in [0.25, 0.3) is 54.1 Å². The lowest BCUT2D eigenvalue weighted by molar-refractivity contribution is 0.627. The maximum absolute atomic E-state index is 2.44. The summed E-state index contributed by atoms with van der Waals surface area (Å²) < 4.78 is 4.80. The van der Waals surface area contributed by atoms with Crippen molar-refractivity contribution in [2.24, 2.45) is 14.1 Å². The molecule has 0 atom stereocenters. The number of unbranched alkanes of at least 4 members (excludes halogenated alkanes) is 10. The smallest absolute Gasteiger partial charge is 0.0756 e. The van der Waals surface area contributed by atoms with Crippen molar-refractivity contribution in [3.05, 3.63) is 60.7 Å². The van der Waals surface area contributed by atoms with Gasteiger partial charge in [-0.2, -0.15) is 0 Å². The first-order chi connectivity index (χ1) is 21.6. The number of benzene rings is 4. The Morgan fingerprint density at radius 3 is 1.27 bits per heavy atom. The van der Waals surface area contributed by atoms with Gasteiger partial charge in [0.1, 0.15) is 0 Å². The van der Waals surface area contributed by atoms with Crippen LogP contribution in [0.2, 0.25) is 0 Å². The maximum Gasteiger partial charge on any atom is 0.0756 e. The van der Waals surface area contributed by atoms with Crippen molar-refractivity contribution in [3.63, 3.8) is 0 Å². The second kappa shape index (κ2) is 14.7. The van der Waals surface area contributed by atoms with Crippen LogP contribution in [0.1, 0.15) is 90.9 Å². The minimum absolute atomic E-state index is 1.21. The van der Waals surface area contributed by atoms with Gasteiger partial charge in [-0.05, 0) is 93.1 Å². The predicted molar refractivity (Wildman–Crippen MR) is 200 cm³/mol. The average Bonchev–Trinajstić information content (AvgIpc) is 3.51. The van der Waals surface area contributed by atoms with Crippen LogP contribution >= 0.6 is 23.5 Å². The minimum Gasteiger partial charge on any atom is -0.339 e. The zero-order chi connectivity index (χ0) is 30.5. The Balaban J connectivity index is 1.25. The van der Waals surface area contributed by atoms with Crippen molar-refractivity contribution >= 4 is 77.6 Å². The van der Waals surface area contributed by atoms with Gasteiger partial charge in [0.05, 0.1) is 10.1 Å². The Labute approximate surface area is 272 Å². The van der Waals surface area contributed by atoms with Gasteiger partial charge >= 0.3 is 0 Å². The molecule has 4 aromatic carbocycles. The summed E-state index contributed by atoms with van der Waals surface area (Å²) in [5.74, 6) is 2.41. The Morgan fingerprint density at radius 2 is 0.841 bits per heavy atom. The Morgan fingerprint density at radius 1 is 0.432 bits per heavy atom. The molecule has 232 valence electrons. The molecule has 0 fully saturated rings.